The number of fused-ring (bicyclic) bond motifs is 5. The van der Waals surface area contributed by atoms with E-state index in [1.165, 1.54) is 33.8 Å². The molecule has 0 unspecified atom stereocenters. The number of esters is 1. The molecular weight excluding hydrogens is 310 g/mol. The summed E-state index contributed by atoms with van der Waals surface area (Å²) in [6, 6.07) is 17.0. The molecule has 0 radical (unpaired) electrons. The van der Waals surface area contributed by atoms with E-state index in [1.807, 2.05) is 32.9 Å². The van der Waals surface area contributed by atoms with Crippen LogP contribution in [0.15, 0.2) is 54.6 Å². The molecule has 3 heteroatoms. The van der Waals surface area contributed by atoms with Crippen molar-refractivity contribution in [3.8, 4) is 11.3 Å². The van der Waals surface area contributed by atoms with Crippen LogP contribution in [-0.2, 0) is 16.1 Å². The van der Waals surface area contributed by atoms with E-state index in [9.17, 15) is 4.79 Å². The van der Waals surface area contributed by atoms with Crippen LogP contribution < -0.4 is 0 Å². The fourth-order valence-corrected chi connectivity index (χ4v) is 3.37. The highest BCUT2D eigenvalue weighted by atomic mass is 16.6. The zero-order valence-electron chi connectivity index (χ0n) is 14.7. The number of benzene rings is 2. The molecule has 0 fully saturated rings. The first-order chi connectivity index (χ1) is 11.9. The van der Waals surface area contributed by atoms with Crippen molar-refractivity contribution in [2.45, 2.75) is 32.9 Å². The molecule has 2 heterocycles. The fraction of sp³-hybridized carbons (Fsp3) is 0.227. The minimum absolute atomic E-state index is 0.319. The smallest absolute Gasteiger partial charge is 0.331 e. The first-order valence-electron chi connectivity index (χ1n) is 8.53. The van der Waals surface area contributed by atoms with Gasteiger partial charge in [-0.3, -0.25) is 0 Å². The van der Waals surface area contributed by atoms with E-state index in [0.717, 1.165) is 12.1 Å². The fourth-order valence-electron chi connectivity index (χ4n) is 3.37. The lowest BCUT2D eigenvalue weighted by molar-refractivity contribution is -0.148. The van der Waals surface area contributed by atoms with E-state index in [2.05, 4.69) is 47.0 Å². The van der Waals surface area contributed by atoms with Crippen LogP contribution in [0.3, 0.4) is 0 Å². The number of ether oxygens (including phenoxy) is 1. The molecule has 1 aliphatic heterocycles. The van der Waals surface area contributed by atoms with Crippen LogP contribution >= 0.6 is 0 Å². The Morgan fingerprint density at radius 3 is 2.72 bits per heavy atom. The molecule has 1 aliphatic rings. The zero-order valence-corrected chi connectivity index (χ0v) is 14.7. The van der Waals surface area contributed by atoms with Gasteiger partial charge in [-0.1, -0.05) is 30.3 Å². The summed E-state index contributed by atoms with van der Waals surface area (Å²) in [7, 11) is 0. The Kier molecular flexibility index (Phi) is 3.53. The minimum Gasteiger partial charge on any atom is -0.457 e. The minimum atomic E-state index is -0.470. The number of carbonyl (C=O) groups excluding carboxylic acids is 1. The Bertz CT molecular complexity index is 1000. The van der Waals surface area contributed by atoms with Crippen LogP contribution in [0, 0.1) is 0 Å². The van der Waals surface area contributed by atoms with Crippen molar-refractivity contribution in [1.29, 1.82) is 0 Å². The number of hydrogen-bond donors (Lipinski definition) is 0. The van der Waals surface area contributed by atoms with Crippen molar-refractivity contribution in [3.05, 3.63) is 65.7 Å². The summed E-state index contributed by atoms with van der Waals surface area (Å²) in [5.41, 5.74) is 5.69. The average molecular weight is 331 g/mol. The van der Waals surface area contributed by atoms with E-state index < -0.39 is 5.60 Å². The molecule has 0 atom stereocenters. The SMILES string of the molecule is CC(C)(C)OC(=O)/C=C/c1ccc2c(c1)cc1n2Cc2ccccc2-1. The van der Waals surface area contributed by atoms with Crippen LogP contribution in [0.1, 0.15) is 31.9 Å². The van der Waals surface area contributed by atoms with Crippen molar-refractivity contribution in [2.75, 3.05) is 0 Å². The van der Waals surface area contributed by atoms with E-state index in [4.69, 9.17) is 4.74 Å². The van der Waals surface area contributed by atoms with Gasteiger partial charge in [0.2, 0.25) is 0 Å². The second-order valence-electron chi connectivity index (χ2n) is 7.46. The molecule has 2 aromatic carbocycles. The maximum absolute atomic E-state index is 11.8. The van der Waals surface area contributed by atoms with Crippen LogP contribution in [-0.4, -0.2) is 16.1 Å². The lowest BCUT2D eigenvalue weighted by atomic mass is 10.1. The predicted octanol–water partition coefficient (Wildman–Crippen LogP) is 5.02. The molecule has 0 bridgehead atoms. The Morgan fingerprint density at radius 1 is 1.12 bits per heavy atom. The number of nitrogens with zero attached hydrogens (tertiary/aromatic N) is 1. The number of aromatic nitrogens is 1. The summed E-state index contributed by atoms with van der Waals surface area (Å²) in [5, 5.41) is 1.19. The van der Waals surface area contributed by atoms with Gasteiger partial charge in [-0.25, -0.2) is 4.79 Å². The molecule has 126 valence electrons. The second-order valence-corrected chi connectivity index (χ2v) is 7.46. The summed E-state index contributed by atoms with van der Waals surface area (Å²) in [4.78, 5) is 11.8. The van der Waals surface area contributed by atoms with Crippen LogP contribution in [0.4, 0.5) is 0 Å². The van der Waals surface area contributed by atoms with Crippen LogP contribution in [0.5, 0.6) is 0 Å². The Morgan fingerprint density at radius 2 is 1.92 bits per heavy atom. The van der Waals surface area contributed by atoms with Gasteiger partial charge in [0.15, 0.2) is 0 Å². The topological polar surface area (TPSA) is 31.2 Å². The maximum atomic E-state index is 11.8. The highest BCUT2D eigenvalue weighted by molar-refractivity contribution is 5.92. The largest absolute Gasteiger partial charge is 0.457 e. The van der Waals surface area contributed by atoms with Gasteiger partial charge in [0.1, 0.15) is 5.60 Å². The van der Waals surface area contributed by atoms with Crippen molar-refractivity contribution < 1.29 is 9.53 Å². The molecule has 3 nitrogen and oxygen atoms in total. The lowest BCUT2D eigenvalue weighted by Crippen LogP contribution is -2.22. The summed E-state index contributed by atoms with van der Waals surface area (Å²) >= 11 is 0. The molecule has 3 aromatic rings. The molecule has 25 heavy (non-hydrogen) atoms. The van der Waals surface area contributed by atoms with E-state index in [0.29, 0.717) is 0 Å². The molecule has 0 amide bonds. The number of hydrogen-bond acceptors (Lipinski definition) is 2. The molecule has 0 N–H and O–H groups in total. The van der Waals surface area contributed by atoms with Crippen molar-refractivity contribution in [2.24, 2.45) is 0 Å². The molecule has 4 rings (SSSR count). The van der Waals surface area contributed by atoms with Gasteiger partial charge in [0.25, 0.3) is 0 Å². The second kappa shape index (κ2) is 5.62. The van der Waals surface area contributed by atoms with Crippen molar-refractivity contribution in [3.63, 3.8) is 0 Å². The normalized spacial score (nSPS) is 13.2. The van der Waals surface area contributed by atoms with E-state index in [-0.39, 0.29) is 5.97 Å². The third-order valence-corrected chi connectivity index (χ3v) is 4.37. The van der Waals surface area contributed by atoms with Gasteiger partial charge in [0.05, 0.1) is 0 Å². The molecule has 0 spiro atoms. The highest BCUT2D eigenvalue weighted by Gasteiger charge is 2.20. The average Bonchev–Trinajstić information content (AvgIpc) is 3.07. The quantitative estimate of drug-likeness (QED) is 0.381. The highest BCUT2D eigenvalue weighted by Crippen LogP contribution is 2.37. The summed E-state index contributed by atoms with van der Waals surface area (Å²) in [6.07, 6.45) is 3.30. The Hall–Kier alpha value is -2.81. The van der Waals surface area contributed by atoms with Crippen molar-refractivity contribution >= 4 is 22.9 Å². The van der Waals surface area contributed by atoms with Crippen molar-refractivity contribution in [1.82, 2.24) is 4.57 Å². The predicted molar refractivity (Wildman–Crippen MR) is 101 cm³/mol. The first-order valence-corrected chi connectivity index (χ1v) is 8.53. The molecule has 0 saturated carbocycles. The Labute approximate surface area is 147 Å². The standard InChI is InChI=1S/C22H21NO2/c1-22(2,3)25-21(24)11-9-15-8-10-19-17(12-15)13-20-18-7-5-4-6-16(18)14-23(19)20/h4-13H,14H2,1-3H3/b11-9+. The van der Waals surface area contributed by atoms with Crippen LogP contribution in [0.2, 0.25) is 0 Å². The lowest BCUT2D eigenvalue weighted by Gasteiger charge is -2.17. The van der Waals surface area contributed by atoms with E-state index >= 15 is 0 Å². The Balaban J connectivity index is 1.64. The molecule has 0 aliphatic carbocycles. The summed E-state index contributed by atoms with van der Waals surface area (Å²) in [6.45, 7) is 6.52. The summed E-state index contributed by atoms with van der Waals surface area (Å²) < 4.78 is 7.65. The number of rotatable bonds is 2. The van der Waals surface area contributed by atoms with Gasteiger partial charge < -0.3 is 9.30 Å². The molecular formula is C22H21NO2. The summed E-state index contributed by atoms with van der Waals surface area (Å²) in [5.74, 6) is -0.319. The van der Waals surface area contributed by atoms with Crippen LogP contribution in [0.25, 0.3) is 28.2 Å². The molecule has 1 aromatic heterocycles. The maximum Gasteiger partial charge on any atom is 0.331 e. The number of carbonyl (C=O) groups is 1. The third kappa shape index (κ3) is 2.98. The molecule has 0 saturated heterocycles. The first kappa shape index (κ1) is 15.7. The van der Waals surface area contributed by atoms with Gasteiger partial charge >= 0.3 is 5.97 Å². The van der Waals surface area contributed by atoms with Gasteiger partial charge in [-0.15, -0.1) is 0 Å². The van der Waals surface area contributed by atoms with Gasteiger partial charge in [0, 0.05) is 34.8 Å². The van der Waals surface area contributed by atoms with Gasteiger partial charge in [-0.05, 0) is 56.2 Å². The monoisotopic (exact) mass is 331 g/mol. The zero-order chi connectivity index (χ0) is 17.6. The van der Waals surface area contributed by atoms with E-state index in [1.54, 1.807) is 0 Å². The third-order valence-electron chi connectivity index (χ3n) is 4.37. The van der Waals surface area contributed by atoms with Gasteiger partial charge in [-0.2, -0.15) is 0 Å².